The van der Waals surface area contributed by atoms with Gasteiger partial charge >= 0.3 is 0 Å². The summed E-state index contributed by atoms with van der Waals surface area (Å²) >= 11 is 0. The van der Waals surface area contributed by atoms with Crippen molar-refractivity contribution >= 4 is 65.2 Å². The molecule has 0 fully saturated rings. The average molecular weight is 509 g/mol. The Morgan fingerprint density at radius 2 is 0.775 bits per heavy atom. The van der Waals surface area contributed by atoms with Crippen LogP contribution in [-0.4, -0.2) is 9.13 Å². The van der Waals surface area contributed by atoms with E-state index in [1.54, 1.807) is 0 Å². The number of para-hydroxylation sites is 3. The molecule has 0 saturated heterocycles. The predicted octanol–water partition coefficient (Wildman–Crippen LogP) is 10.2. The van der Waals surface area contributed by atoms with Crippen LogP contribution < -0.4 is 0 Å². The minimum absolute atomic E-state index is 1.16. The van der Waals surface area contributed by atoms with Gasteiger partial charge in [0, 0.05) is 32.9 Å². The average Bonchev–Trinajstić information content (AvgIpc) is 3.53. The van der Waals surface area contributed by atoms with E-state index in [-0.39, 0.29) is 0 Å². The highest BCUT2D eigenvalue weighted by atomic mass is 15.0. The quantitative estimate of drug-likeness (QED) is 0.206. The van der Waals surface area contributed by atoms with Crippen molar-refractivity contribution < 1.29 is 0 Å². The van der Waals surface area contributed by atoms with Gasteiger partial charge in [-0.25, -0.2) is 0 Å². The molecule has 9 rings (SSSR count). The highest BCUT2D eigenvalue weighted by Crippen LogP contribution is 2.38. The zero-order valence-corrected chi connectivity index (χ0v) is 21.8. The van der Waals surface area contributed by atoms with Gasteiger partial charge in [0.05, 0.1) is 22.1 Å². The van der Waals surface area contributed by atoms with Crippen LogP contribution in [0.25, 0.3) is 76.5 Å². The van der Waals surface area contributed by atoms with Crippen molar-refractivity contribution in [1.29, 1.82) is 0 Å². The minimum atomic E-state index is 1.16. The third-order valence-electron chi connectivity index (χ3n) is 8.46. The van der Waals surface area contributed by atoms with Crippen molar-refractivity contribution in [2.75, 3.05) is 0 Å². The lowest BCUT2D eigenvalue weighted by atomic mass is 10.00. The fourth-order valence-electron chi connectivity index (χ4n) is 6.72. The van der Waals surface area contributed by atoms with Gasteiger partial charge in [0.15, 0.2) is 0 Å². The number of aromatic nitrogens is 2. The van der Waals surface area contributed by atoms with Gasteiger partial charge in [0.25, 0.3) is 0 Å². The second kappa shape index (κ2) is 8.08. The molecule has 7 aromatic carbocycles. The third-order valence-corrected chi connectivity index (χ3v) is 8.46. The molecule has 0 spiro atoms. The van der Waals surface area contributed by atoms with E-state index in [2.05, 4.69) is 155 Å². The van der Waals surface area contributed by atoms with Gasteiger partial charge in [-0.1, -0.05) is 97.1 Å². The van der Waals surface area contributed by atoms with E-state index in [9.17, 15) is 0 Å². The Morgan fingerprint density at radius 3 is 1.43 bits per heavy atom. The van der Waals surface area contributed by atoms with E-state index in [1.807, 2.05) is 0 Å². The van der Waals surface area contributed by atoms with Gasteiger partial charge < -0.3 is 9.13 Å². The molecule has 0 bridgehead atoms. The lowest BCUT2D eigenvalue weighted by Crippen LogP contribution is -1.98. The zero-order valence-electron chi connectivity index (χ0n) is 21.8. The predicted molar refractivity (Wildman–Crippen MR) is 170 cm³/mol. The van der Waals surface area contributed by atoms with Crippen LogP contribution in [0.5, 0.6) is 0 Å². The van der Waals surface area contributed by atoms with Crippen LogP contribution >= 0.6 is 0 Å². The fraction of sp³-hybridized carbons (Fsp3) is 0. The van der Waals surface area contributed by atoms with Crippen LogP contribution in [0.1, 0.15) is 0 Å². The minimum Gasteiger partial charge on any atom is -0.309 e. The van der Waals surface area contributed by atoms with Gasteiger partial charge in [0.1, 0.15) is 0 Å². The molecule has 0 saturated carbocycles. The molecule has 0 amide bonds. The number of benzene rings is 7. The van der Waals surface area contributed by atoms with Gasteiger partial charge in [-0.05, 0) is 70.1 Å². The topological polar surface area (TPSA) is 9.86 Å². The van der Waals surface area contributed by atoms with Crippen LogP contribution in [0.4, 0.5) is 0 Å². The molecule has 0 aliphatic rings. The Morgan fingerprint density at radius 1 is 0.275 bits per heavy atom. The lowest BCUT2D eigenvalue weighted by molar-refractivity contribution is 1.13. The Bertz CT molecular complexity index is 2380. The summed E-state index contributed by atoms with van der Waals surface area (Å²) in [6, 6.07) is 53.1. The molecule has 0 N–H and O–H groups in total. The summed E-state index contributed by atoms with van der Waals surface area (Å²) < 4.78 is 4.83. The Hall–Kier alpha value is -5.34. The molecular formula is C38H24N2. The molecule has 0 aliphatic heterocycles. The first-order valence-corrected chi connectivity index (χ1v) is 13.8. The number of fused-ring (bicyclic) bond motifs is 9. The van der Waals surface area contributed by atoms with Gasteiger partial charge in [-0.15, -0.1) is 0 Å². The SMILES string of the molecule is c1cc(-n2c3ccccc3c3ccccc32)cc(-n2c3ccccc3c3cc4ccc5ccccc5c4cc32)c1. The van der Waals surface area contributed by atoms with E-state index in [4.69, 9.17) is 0 Å². The molecule has 9 aromatic rings. The Kier molecular flexibility index (Phi) is 4.36. The molecule has 0 unspecified atom stereocenters. The van der Waals surface area contributed by atoms with Gasteiger partial charge in [-0.3, -0.25) is 0 Å². The van der Waals surface area contributed by atoms with Crippen LogP contribution in [0, 0.1) is 0 Å². The number of hydrogen-bond donors (Lipinski definition) is 0. The fourth-order valence-corrected chi connectivity index (χ4v) is 6.72. The van der Waals surface area contributed by atoms with E-state index >= 15 is 0 Å². The van der Waals surface area contributed by atoms with Crippen LogP contribution in [0.3, 0.4) is 0 Å². The van der Waals surface area contributed by atoms with E-state index < -0.39 is 0 Å². The highest BCUT2D eigenvalue weighted by Gasteiger charge is 2.16. The number of nitrogens with zero attached hydrogens (tertiary/aromatic N) is 2. The van der Waals surface area contributed by atoms with Crippen molar-refractivity contribution in [2.45, 2.75) is 0 Å². The second-order valence-corrected chi connectivity index (χ2v) is 10.6. The molecule has 2 aromatic heterocycles. The first-order valence-electron chi connectivity index (χ1n) is 13.8. The van der Waals surface area contributed by atoms with Crippen molar-refractivity contribution in [3.63, 3.8) is 0 Å². The maximum absolute atomic E-state index is 2.43. The van der Waals surface area contributed by atoms with Crippen molar-refractivity contribution in [2.24, 2.45) is 0 Å². The first kappa shape index (κ1) is 21.6. The van der Waals surface area contributed by atoms with E-state index in [0.717, 1.165) is 11.4 Å². The standard InChI is InChI=1S/C38H24N2/c1-2-13-29-25(10-1)20-21-26-22-34-32-16-5-8-19-37(32)40(38(34)24-33(26)29)28-12-9-11-27(23-28)39-35-17-6-3-14-30(35)31-15-4-7-18-36(31)39/h1-24H. The van der Waals surface area contributed by atoms with E-state index in [1.165, 1.54) is 65.2 Å². The summed E-state index contributed by atoms with van der Waals surface area (Å²) in [7, 11) is 0. The maximum atomic E-state index is 2.43. The van der Waals surface area contributed by atoms with Crippen molar-refractivity contribution in [3.8, 4) is 11.4 Å². The molecule has 0 aliphatic carbocycles. The van der Waals surface area contributed by atoms with Crippen LogP contribution in [0.2, 0.25) is 0 Å². The zero-order chi connectivity index (χ0) is 26.2. The summed E-state index contributed by atoms with van der Waals surface area (Å²) in [4.78, 5) is 0. The molecule has 40 heavy (non-hydrogen) atoms. The summed E-state index contributed by atoms with van der Waals surface area (Å²) in [6.45, 7) is 0. The summed E-state index contributed by atoms with van der Waals surface area (Å²) in [5.41, 5.74) is 7.21. The maximum Gasteiger partial charge on any atom is 0.0547 e. The van der Waals surface area contributed by atoms with Crippen LogP contribution in [0.15, 0.2) is 146 Å². The van der Waals surface area contributed by atoms with Crippen molar-refractivity contribution in [3.05, 3.63) is 146 Å². The number of hydrogen-bond acceptors (Lipinski definition) is 0. The summed E-state index contributed by atoms with van der Waals surface area (Å²) in [5, 5.41) is 10.2. The molecule has 0 radical (unpaired) electrons. The van der Waals surface area contributed by atoms with Gasteiger partial charge in [-0.2, -0.15) is 0 Å². The largest absolute Gasteiger partial charge is 0.309 e. The molecule has 186 valence electrons. The van der Waals surface area contributed by atoms with Crippen molar-refractivity contribution in [1.82, 2.24) is 9.13 Å². The molecule has 2 nitrogen and oxygen atoms in total. The van der Waals surface area contributed by atoms with Crippen LogP contribution in [-0.2, 0) is 0 Å². The summed E-state index contributed by atoms with van der Waals surface area (Å²) in [6.07, 6.45) is 0. The Labute approximate surface area is 230 Å². The normalized spacial score (nSPS) is 12.0. The smallest absolute Gasteiger partial charge is 0.0547 e. The highest BCUT2D eigenvalue weighted by molar-refractivity contribution is 6.18. The second-order valence-electron chi connectivity index (χ2n) is 10.6. The summed E-state index contributed by atoms with van der Waals surface area (Å²) in [5.74, 6) is 0. The molecule has 2 heterocycles. The molecular weight excluding hydrogens is 484 g/mol. The molecule has 0 atom stereocenters. The third kappa shape index (κ3) is 2.93. The lowest BCUT2D eigenvalue weighted by Gasteiger charge is -2.13. The monoisotopic (exact) mass is 508 g/mol. The molecule has 2 heteroatoms. The number of rotatable bonds is 2. The van der Waals surface area contributed by atoms with E-state index in [0.29, 0.717) is 0 Å². The first-order chi connectivity index (χ1) is 19.8. The Balaban J connectivity index is 1.37. The van der Waals surface area contributed by atoms with Gasteiger partial charge in [0.2, 0.25) is 0 Å².